The standard InChI is InChI=1S/C25H28F2N4/c1-4-8-18(12-11-17(3)26)23-24(31(15-30-23)19-9-6-5-7-10-19)22-20(27)14-29-25-21(22)16(2)13-28-25/h8,11-12,14-16,19H,1,5-7,9-10,13H2,2-3H3,(H,28,29)/b17-11+,18-12+. The predicted octanol–water partition coefficient (Wildman–Crippen LogP) is 6.72. The van der Waals surface area contributed by atoms with Gasteiger partial charge in [-0.3, -0.25) is 0 Å². The van der Waals surface area contributed by atoms with Crippen molar-refractivity contribution in [3.63, 3.8) is 0 Å². The van der Waals surface area contributed by atoms with E-state index in [0.29, 0.717) is 23.4 Å². The number of halogens is 2. The zero-order valence-corrected chi connectivity index (χ0v) is 18.1. The maximum absolute atomic E-state index is 15.4. The number of allylic oxidation sites excluding steroid dienone is 5. The molecule has 0 spiro atoms. The first kappa shape index (κ1) is 21.3. The smallest absolute Gasteiger partial charge is 0.151 e. The molecule has 31 heavy (non-hydrogen) atoms. The summed E-state index contributed by atoms with van der Waals surface area (Å²) in [6.07, 6.45) is 13.3. The van der Waals surface area contributed by atoms with Gasteiger partial charge >= 0.3 is 0 Å². The van der Waals surface area contributed by atoms with Crippen LogP contribution >= 0.6 is 0 Å². The van der Waals surface area contributed by atoms with Gasteiger partial charge in [0.15, 0.2) is 5.82 Å². The van der Waals surface area contributed by atoms with Gasteiger partial charge in [-0.25, -0.2) is 18.7 Å². The summed E-state index contributed by atoms with van der Waals surface area (Å²) in [4.78, 5) is 8.97. The number of nitrogens with zero attached hydrogens (tertiary/aromatic N) is 3. The first-order valence-corrected chi connectivity index (χ1v) is 10.9. The maximum Gasteiger partial charge on any atom is 0.151 e. The molecule has 162 valence electrons. The lowest BCUT2D eigenvalue weighted by Gasteiger charge is -2.26. The fraction of sp³-hybridized carbons (Fsp3) is 0.400. The zero-order valence-electron chi connectivity index (χ0n) is 18.1. The normalized spacial score (nSPS) is 19.7. The maximum atomic E-state index is 15.4. The van der Waals surface area contributed by atoms with E-state index in [9.17, 15) is 4.39 Å². The third-order valence-electron chi connectivity index (χ3n) is 6.16. The Morgan fingerprint density at radius 1 is 1.26 bits per heavy atom. The molecule has 2 aromatic heterocycles. The topological polar surface area (TPSA) is 42.7 Å². The van der Waals surface area contributed by atoms with Crippen LogP contribution in [0.2, 0.25) is 0 Å². The predicted molar refractivity (Wildman–Crippen MR) is 121 cm³/mol. The van der Waals surface area contributed by atoms with Gasteiger partial charge in [0.05, 0.1) is 29.7 Å². The van der Waals surface area contributed by atoms with Crippen molar-refractivity contribution in [2.75, 3.05) is 11.9 Å². The minimum atomic E-state index is -0.368. The molecule has 1 aliphatic heterocycles. The van der Waals surface area contributed by atoms with Crippen molar-refractivity contribution < 1.29 is 8.78 Å². The molecule has 0 amide bonds. The molecule has 0 saturated heterocycles. The van der Waals surface area contributed by atoms with Crippen LogP contribution in [-0.4, -0.2) is 21.1 Å². The summed E-state index contributed by atoms with van der Waals surface area (Å²) in [5.41, 5.74) is 6.14. The Hall–Kier alpha value is -2.98. The van der Waals surface area contributed by atoms with Gasteiger partial charge in [-0.05, 0) is 38.0 Å². The zero-order chi connectivity index (χ0) is 22.0. The van der Waals surface area contributed by atoms with E-state index in [0.717, 1.165) is 42.8 Å². The number of nitrogens with one attached hydrogen (secondary N) is 1. The minimum absolute atomic E-state index is 0.117. The average Bonchev–Trinajstić information content (AvgIpc) is 3.36. The highest BCUT2D eigenvalue weighted by molar-refractivity contribution is 5.86. The van der Waals surface area contributed by atoms with Gasteiger partial charge in [-0.2, -0.15) is 0 Å². The SMILES string of the molecule is C=C=C/C(=C\C=C(/C)F)c1ncn(C2CCCCC2)c1-c1c(F)cnc2c1C(C)CN2. The Bertz CT molecular complexity index is 1080. The van der Waals surface area contributed by atoms with Crippen molar-refractivity contribution in [1.82, 2.24) is 14.5 Å². The Labute approximate surface area is 182 Å². The summed E-state index contributed by atoms with van der Waals surface area (Å²) in [6.45, 7) is 7.84. The first-order valence-electron chi connectivity index (χ1n) is 10.9. The summed E-state index contributed by atoms with van der Waals surface area (Å²) >= 11 is 0. The number of fused-ring (bicyclic) bond motifs is 1. The molecule has 1 fully saturated rings. The molecule has 1 saturated carbocycles. The molecule has 0 aromatic carbocycles. The molecular formula is C25H28F2N4. The highest BCUT2D eigenvalue weighted by Gasteiger charge is 2.31. The molecule has 1 unspecified atom stereocenters. The number of anilines is 1. The van der Waals surface area contributed by atoms with Gasteiger partial charge in [0.2, 0.25) is 0 Å². The van der Waals surface area contributed by atoms with E-state index in [4.69, 9.17) is 4.98 Å². The number of rotatable bonds is 5. The quantitative estimate of drug-likeness (QED) is 0.430. The third kappa shape index (κ3) is 4.13. The second-order valence-electron chi connectivity index (χ2n) is 8.39. The summed E-state index contributed by atoms with van der Waals surface area (Å²) in [5, 5.41) is 3.28. The molecule has 2 aromatic rings. The van der Waals surface area contributed by atoms with Gasteiger partial charge in [-0.1, -0.05) is 32.8 Å². The van der Waals surface area contributed by atoms with Crippen LogP contribution in [0.1, 0.15) is 69.2 Å². The molecule has 1 N–H and O–H groups in total. The first-order chi connectivity index (χ1) is 15.0. The number of hydrogen-bond acceptors (Lipinski definition) is 3. The van der Waals surface area contributed by atoms with Gasteiger partial charge in [-0.15, -0.1) is 5.73 Å². The van der Waals surface area contributed by atoms with Crippen molar-refractivity contribution in [2.45, 2.75) is 57.9 Å². The van der Waals surface area contributed by atoms with E-state index in [1.165, 1.54) is 25.6 Å². The highest BCUT2D eigenvalue weighted by Crippen LogP contribution is 2.44. The average molecular weight is 423 g/mol. The van der Waals surface area contributed by atoms with Gasteiger partial charge in [0.1, 0.15) is 5.82 Å². The number of pyridine rings is 1. The van der Waals surface area contributed by atoms with Crippen LogP contribution in [0.25, 0.3) is 16.8 Å². The van der Waals surface area contributed by atoms with E-state index < -0.39 is 0 Å². The second kappa shape index (κ2) is 9.03. The van der Waals surface area contributed by atoms with Crippen LogP contribution in [0.3, 0.4) is 0 Å². The van der Waals surface area contributed by atoms with Crippen LogP contribution in [0.4, 0.5) is 14.6 Å². The van der Waals surface area contributed by atoms with Crippen LogP contribution in [0.5, 0.6) is 0 Å². The Balaban J connectivity index is 1.99. The monoisotopic (exact) mass is 422 g/mol. The summed E-state index contributed by atoms with van der Waals surface area (Å²) < 4.78 is 31.0. The van der Waals surface area contributed by atoms with Crippen molar-refractivity contribution in [2.24, 2.45) is 0 Å². The van der Waals surface area contributed by atoms with E-state index in [1.807, 2.05) is 0 Å². The molecule has 4 rings (SSSR count). The largest absolute Gasteiger partial charge is 0.369 e. The van der Waals surface area contributed by atoms with Crippen LogP contribution in [0.15, 0.2) is 48.9 Å². The lowest BCUT2D eigenvalue weighted by atomic mass is 9.92. The molecule has 4 nitrogen and oxygen atoms in total. The highest BCUT2D eigenvalue weighted by atomic mass is 19.1. The molecule has 0 bridgehead atoms. The number of hydrogen-bond donors (Lipinski definition) is 1. The summed E-state index contributed by atoms with van der Waals surface area (Å²) in [7, 11) is 0. The van der Waals surface area contributed by atoms with Gasteiger partial charge < -0.3 is 9.88 Å². The molecule has 1 aliphatic carbocycles. The lowest BCUT2D eigenvalue weighted by molar-refractivity contribution is 0.355. The molecular weight excluding hydrogens is 394 g/mol. The second-order valence-corrected chi connectivity index (χ2v) is 8.39. The van der Waals surface area contributed by atoms with Gasteiger partial charge in [0, 0.05) is 35.2 Å². The number of aromatic nitrogens is 3. The van der Waals surface area contributed by atoms with E-state index in [2.05, 4.69) is 34.1 Å². The van der Waals surface area contributed by atoms with Crippen LogP contribution in [-0.2, 0) is 0 Å². The van der Waals surface area contributed by atoms with Gasteiger partial charge in [0.25, 0.3) is 0 Å². The lowest BCUT2D eigenvalue weighted by Crippen LogP contribution is -2.14. The fourth-order valence-corrected chi connectivity index (χ4v) is 4.68. The Morgan fingerprint density at radius 3 is 2.74 bits per heavy atom. The van der Waals surface area contributed by atoms with E-state index in [1.54, 1.807) is 18.5 Å². The Kier molecular flexibility index (Phi) is 6.19. The molecule has 2 aliphatic rings. The summed E-state index contributed by atoms with van der Waals surface area (Å²) in [6, 6.07) is 0.255. The van der Waals surface area contributed by atoms with Crippen molar-refractivity contribution in [3.8, 4) is 11.3 Å². The minimum Gasteiger partial charge on any atom is -0.369 e. The van der Waals surface area contributed by atoms with E-state index >= 15 is 4.39 Å². The molecule has 0 radical (unpaired) electrons. The van der Waals surface area contributed by atoms with Crippen molar-refractivity contribution in [3.05, 3.63) is 66.0 Å². The molecule has 3 heterocycles. The fourth-order valence-electron chi connectivity index (χ4n) is 4.68. The Morgan fingerprint density at radius 2 is 2.03 bits per heavy atom. The van der Waals surface area contributed by atoms with Crippen LogP contribution in [0, 0.1) is 5.82 Å². The van der Waals surface area contributed by atoms with Crippen molar-refractivity contribution >= 4 is 11.4 Å². The van der Waals surface area contributed by atoms with E-state index in [-0.39, 0.29) is 23.6 Å². The number of imidazole rings is 1. The molecule has 1 atom stereocenters. The van der Waals surface area contributed by atoms with Crippen molar-refractivity contribution in [1.29, 1.82) is 0 Å². The summed E-state index contributed by atoms with van der Waals surface area (Å²) in [5.74, 6) is 0.144. The van der Waals surface area contributed by atoms with Crippen LogP contribution < -0.4 is 5.32 Å². The third-order valence-corrected chi connectivity index (χ3v) is 6.16. The molecule has 6 heteroatoms.